The summed E-state index contributed by atoms with van der Waals surface area (Å²) in [4.78, 5) is 10.3. The molecular formula is C18H37KO7S. The van der Waals surface area contributed by atoms with Crippen LogP contribution in [0, 0.1) is 0 Å². The molecule has 0 radical (unpaired) electrons. The Morgan fingerprint density at radius 3 is 2.00 bits per heavy atom. The molecule has 0 bridgehead atoms. The van der Waals surface area contributed by atoms with E-state index in [1.807, 2.05) is 0 Å². The van der Waals surface area contributed by atoms with Gasteiger partial charge in [0.1, 0.15) is 0 Å². The summed E-state index contributed by atoms with van der Waals surface area (Å²) in [6, 6.07) is 0. The standard InChI is InChI=1S/C18H34O3.K.H2O4S.H/c1-2-3-4-11-14-17(19)15-12-9-7-5-6-8-10-13-16-18(20)21;;1-5(2,3)4;/h9,12,17,19H,2-8,10-11,13-16H2,1H3,(H,20,21);;(H2,1,2,3,4);/b12-9-;;;/t17-;;;/m1.../s1. The summed E-state index contributed by atoms with van der Waals surface area (Å²) in [7, 11) is -4.67. The number of carboxylic acids is 1. The average molecular weight is 437 g/mol. The van der Waals surface area contributed by atoms with Crippen LogP contribution in [-0.2, 0) is 15.2 Å². The van der Waals surface area contributed by atoms with Crippen LogP contribution in [0.2, 0.25) is 0 Å². The number of rotatable bonds is 15. The van der Waals surface area contributed by atoms with Crippen molar-refractivity contribution in [2.45, 2.75) is 96.5 Å². The van der Waals surface area contributed by atoms with Gasteiger partial charge in [0.25, 0.3) is 0 Å². The van der Waals surface area contributed by atoms with Gasteiger partial charge < -0.3 is 10.2 Å². The second-order valence-corrected chi connectivity index (χ2v) is 7.25. The molecule has 0 aliphatic carbocycles. The molecule has 0 saturated heterocycles. The molecule has 0 fully saturated rings. The molecule has 158 valence electrons. The van der Waals surface area contributed by atoms with Gasteiger partial charge in [0.05, 0.1) is 6.10 Å². The molecule has 9 heteroatoms. The van der Waals surface area contributed by atoms with Crippen LogP contribution in [-0.4, -0.2) is 91.2 Å². The van der Waals surface area contributed by atoms with E-state index in [1.165, 1.54) is 25.7 Å². The molecule has 7 nitrogen and oxygen atoms in total. The maximum absolute atomic E-state index is 10.3. The number of unbranched alkanes of at least 4 members (excludes halogenated alkanes) is 8. The molecule has 0 aromatic carbocycles. The van der Waals surface area contributed by atoms with E-state index in [9.17, 15) is 9.90 Å². The Kier molecular flexibility index (Phi) is 27.5. The third-order valence-corrected chi connectivity index (χ3v) is 3.73. The molecule has 1 atom stereocenters. The molecule has 4 N–H and O–H groups in total. The van der Waals surface area contributed by atoms with Crippen molar-refractivity contribution in [3.63, 3.8) is 0 Å². The van der Waals surface area contributed by atoms with Crippen LogP contribution in [0.15, 0.2) is 12.2 Å². The average Bonchev–Trinajstić information content (AvgIpc) is 2.51. The number of aliphatic hydroxyl groups excluding tert-OH is 1. The van der Waals surface area contributed by atoms with Crippen LogP contribution in [0.1, 0.15) is 90.4 Å². The van der Waals surface area contributed by atoms with Crippen molar-refractivity contribution in [3.8, 4) is 0 Å². The van der Waals surface area contributed by atoms with Crippen molar-refractivity contribution >= 4 is 67.8 Å². The first kappa shape index (κ1) is 32.3. The summed E-state index contributed by atoms with van der Waals surface area (Å²) in [5.74, 6) is -0.689. The third-order valence-electron chi connectivity index (χ3n) is 3.73. The Balaban J connectivity index is -0.000000844. The minimum absolute atomic E-state index is 0. The van der Waals surface area contributed by atoms with Crippen LogP contribution in [0.5, 0.6) is 0 Å². The third kappa shape index (κ3) is 42.0. The molecule has 0 amide bonds. The van der Waals surface area contributed by atoms with Gasteiger partial charge in [-0.1, -0.05) is 64.0 Å². The number of carboxylic acid groups (broad SMARTS) is 1. The first-order chi connectivity index (χ1) is 12.2. The summed E-state index contributed by atoms with van der Waals surface area (Å²) in [6.07, 6.45) is 17.4. The van der Waals surface area contributed by atoms with E-state index in [2.05, 4.69) is 19.1 Å². The number of allylic oxidation sites excluding steroid dienone is 1. The van der Waals surface area contributed by atoms with E-state index < -0.39 is 16.4 Å². The molecular weight excluding hydrogens is 399 g/mol. The van der Waals surface area contributed by atoms with Crippen LogP contribution in [0.25, 0.3) is 0 Å². The number of hydrogen-bond donors (Lipinski definition) is 4. The number of aliphatic carboxylic acids is 1. The van der Waals surface area contributed by atoms with E-state index in [1.54, 1.807) is 0 Å². The van der Waals surface area contributed by atoms with Gasteiger partial charge in [-0.25, -0.2) is 0 Å². The quantitative estimate of drug-likeness (QED) is 0.133. The second-order valence-electron chi connectivity index (χ2n) is 6.36. The van der Waals surface area contributed by atoms with Gasteiger partial charge in [-0.3, -0.25) is 13.9 Å². The number of carbonyl (C=O) groups is 1. The molecule has 0 aliphatic heterocycles. The molecule has 0 aliphatic rings. The molecule has 0 aromatic heterocycles. The van der Waals surface area contributed by atoms with Gasteiger partial charge in [0.15, 0.2) is 0 Å². The van der Waals surface area contributed by atoms with E-state index >= 15 is 0 Å². The summed E-state index contributed by atoms with van der Waals surface area (Å²) < 4.78 is 31.6. The summed E-state index contributed by atoms with van der Waals surface area (Å²) in [5.41, 5.74) is 0. The fourth-order valence-electron chi connectivity index (χ4n) is 2.36. The fraction of sp³-hybridized carbons (Fsp3) is 0.833. The Bertz CT molecular complexity index is 445. The molecule has 0 aromatic rings. The normalized spacial score (nSPS) is 12.1. The zero-order chi connectivity index (χ0) is 20.3. The first-order valence-electron chi connectivity index (χ1n) is 9.41. The molecule has 0 heterocycles. The molecule has 0 spiro atoms. The van der Waals surface area contributed by atoms with Crippen LogP contribution in [0.3, 0.4) is 0 Å². The Hall–Kier alpha value is 0.676. The van der Waals surface area contributed by atoms with Crippen molar-refractivity contribution in [2.75, 3.05) is 0 Å². The number of hydrogen-bond acceptors (Lipinski definition) is 4. The predicted molar refractivity (Wildman–Crippen MR) is 110 cm³/mol. The van der Waals surface area contributed by atoms with Crippen molar-refractivity contribution < 1.29 is 32.5 Å². The van der Waals surface area contributed by atoms with Gasteiger partial charge in [-0.15, -0.1) is 0 Å². The van der Waals surface area contributed by atoms with Crippen molar-refractivity contribution in [2.24, 2.45) is 0 Å². The monoisotopic (exact) mass is 436 g/mol. The van der Waals surface area contributed by atoms with Gasteiger partial charge in [0, 0.05) is 6.42 Å². The number of aliphatic hydroxyl groups is 1. The summed E-state index contributed by atoms with van der Waals surface area (Å²) in [5, 5.41) is 18.3. The Morgan fingerprint density at radius 2 is 1.44 bits per heavy atom. The van der Waals surface area contributed by atoms with Crippen LogP contribution >= 0.6 is 0 Å². The Labute approximate surface area is 207 Å². The fourth-order valence-corrected chi connectivity index (χ4v) is 2.36. The van der Waals surface area contributed by atoms with Crippen molar-refractivity contribution in [1.29, 1.82) is 0 Å². The first-order valence-corrected chi connectivity index (χ1v) is 10.8. The molecule has 0 saturated carbocycles. The summed E-state index contributed by atoms with van der Waals surface area (Å²) in [6.45, 7) is 2.20. The molecule has 0 unspecified atom stereocenters. The van der Waals surface area contributed by atoms with Gasteiger partial charge in [-0.05, 0) is 32.1 Å². The SMILES string of the molecule is CCCCCC[C@@H](O)C/C=C\CCCCCCCC(=O)O.O=S(=O)(O)O.[KH]. The van der Waals surface area contributed by atoms with Crippen molar-refractivity contribution in [1.82, 2.24) is 0 Å². The Morgan fingerprint density at radius 1 is 0.926 bits per heavy atom. The predicted octanol–water partition coefficient (Wildman–Crippen LogP) is 3.78. The van der Waals surface area contributed by atoms with E-state index in [0.29, 0.717) is 6.42 Å². The van der Waals surface area contributed by atoms with Gasteiger partial charge in [0.2, 0.25) is 0 Å². The molecule has 0 rings (SSSR count). The zero-order valence-electron chi connectivity index (χ0n) is 15.8. The van der Waals surface area contributed by atoms with E-state index in [4.69, 9.17) is 22.6 Å². The van der Waals surface area contributed by atoms with Gasteiger partial charge >= 0.3 is 67.8 Å². The van der Waals surface area contributed by atoms with E-state index in [-0.39, 0.29) is 57.5 Å². The second kappa shape index (κ2) is 23.0. The maximum atomic E-state index is 10.3. The minimum atomic E-state index is -4.67. The van der Waals surface area contributed by atoms with E-state index in [0.717, 1.165) is 51.4 Å². The zero-order valence-corrected chi connectivity index (χ0v) is 16.7. The van der Waals surface area contributed by atoms with Crippen molar-refractivity contribution in [3.05, 3.63) is 12.2 Å². The van der Waals surface area contributed by atoms with Crippen LogP contribution < -0.4 is 0 Å². The summed E-state index contributed by atoms with van der Waals surface area (Å²) >= 11 is 0. The van der Waals surface area contributed by atoms with Gasteiger partial charge in [-0.2, -0.15) is 8.42 Å². The van der Waals surface area contributed by atoms with Crippen LogP contribution in [0.4, 0.5) is 0 Å². The molecule has 27 heavy (non-hydrogen) atoms. The topological polar surface area (TPSA) is 132 Å².